The molecule has 0 aromatic heterocycles. The van der Waals surface area contributed by atoms with E-state index in [9.17, 15) is 13.2 Å². The number of hydrogen-bond donors (Lipinski definition) is 1. The molecule has 0 spiro atoms. The number of nitrogens with zero attached hydrogens (tertiary/aromatic N) is 1. The highest BCUT2D eigenvalue weighted by molar-refractivity contribution is 8.00. The minimum Gasteiger partial charge on any atom is -0.398 e. The van der Waals surface area contributed by atoms with Gasteiger partial charge in [0.15, 0.2) is 0 Å². The molecular weight excluding hydrogens is 284 g/mol. The highest BCUT2D eigenvalue weighted by Gasteiger charge is 2.10. The Hall–Kier alpha value is -1.21. The lowest BCUT2D eigenvalue weighted by atomic mass is 10.2. The molecular formula is C12H18N2O3S2. The second-order valence-corrected chi connectivity index (χ2v) is 7.83. The summed E-state index contributed by atoms with van der Waals surface area (Å²) in [7, 11) is 0.385. The monoisotopic (exact) mass is 302 g/mol. The van der Waals surface area contributed by atoms with Gasteiger partial charge in [0.25, 0.3) is 5.91 Å². The molecule has 1 aromatic rings. The van der Waals surface area contributed by atoms with Crippen LogP contribution in [0.4, 0.5) is 5.69 Å². The zero-order valence-electron chi connectivity index (χ0n) is 11.2. The van der Waals surface area contributed by atoms with Gasteiger partial charge in [-0.05, 0) is 18.2 Å². The third-order valence-electron chi connectivity index (χ3n) is 2.37. The minimum absolute atomic E-state index is 0.107. The Balaban J connectivity index is 2.75. The molecule has 0 bridgehead atoms. The van der Waals surface area contributed by atoms with Crippen molar-refractivity contribution < 1.29 is 13.2 Å². The Morgan fingerprint density at radius 3 is 2.47 bits per heavy atom. The number of benzene rings is 1. The highest BCUT2D eigenvalue weighted by atomic mass is 32.2. The maximum atomic E-state index is 11.7. The molecule has 0 radical (unpaired) electrons. The second kappa shape index (κ2) is 6.29. The summed E-state index contributed by atoms with van der Waals surface area (Å²) in [6.07, 6.45) is 1.20. The first-order valence-electron chi connectivity index (χ1n) is 5.62. The molecule has 0 atom stereocenters. The van der Waals surface area contributed by atoms with Crippen molar-refractivity contribution in [3.05, 3.63) is 23.8 Å². The fraction of sp³-hybridized carbons (Fsp3) is 0.417. The minimum atomic E-state index is -2.96. The molecule has 2 N–H and O–H groups in total. The summed E-state index contributed by atoms with van der Waals surface area (Å²) in [5.41, 5.74) is 6.88. The van der Waals surface area contributed by atoms with Crippen LogP contribution in [0.3, 0.4) is 0 Å². The fourth-order valence-electron chi connectivity index (χ4n) is 1.37. The van der Waals surface area contributed by atoms with Gasteiger partial charge in [-0.25, -0.2) is 8.42 Å². The van der Waals surface area contributed by atoms with E-state index in [2.05, 4.69) is 0 Å². The number of nitrogens with two attached hydrogens (primary N) is 1. The molecule has 0 aliphatic heterocycles. The fourth-order valence-corrected chi connectivity index (χ4v) is 3.53. The lowest BCUT2D eigenvalue weighted by molar-refractivity contribution is 0.0827. The van der Waals surface area contributed by atoms with Crippen molar-refractivity contribution in [3.63, 3.8) is 0 Å². The van der Waals surface area contributed by atoms with Crippen LogP contribution < -0.4 is 5.73 Å². The lowest BCUT2D eigenvalue weighted by Crippen LogP contribution is -2.21. The molecule has 1 amide bonds. The Morgan fingerprint density at radius 2 is 2.00 bits per heavy atom. The predicted molar refractivity (Wildman–Crippen MR) is 79.3 cm³/mol. The Labute approximate surface area is 118 Å². The molecule has 106 valence electrons. The van der Waals surface area contributed by atoms with E-state index in [1.54, 1.807) is 32.3 Å². The molecule has 0 saturated carbocycles. The number of rotatable bonds is 5. The number of anilines is 1. The highest BCUT2D eigenvalue weighted by Crippen LogP contribution is 2.26. The Morgan fingerprint density at radius 1 is 1.37 bits per heavy atom. The smallest absolute Gasteiger partial charge is 0.253 e. The summed E-state index contributed by atoms with van der Waals surface area (Å²) in [4.78, 5) is 14.0. The summed E-state index contributed by atoms with van der Waals surface area (Å²) in [5.74, 6) is 0.443. The molecule has 0 fully saturated rings. The number of hydrogen-bond acceptors (Lipinski definition) is 5. The van der Waals surface area contributed by atoms with Crippen LogP contribution in [0.25, 0.3) is 0 Å². The average molecular weight is 302 g/mol. The average Bonchev–Trinajstić information content (AvgIpc) is 2.28. The van der Waals surface area contributed by atoms with Crippen LogP contribution in [0, 0.1) is 0 Å². The van der Waals surface area contributed by atoms with Crippen LogP contribution in [0.5, 0.6) is 0 Å². The lowest BCUT2D eigenvalue weighted by Gasteiger charge is -2.12. The van der Waals surface area contributed by atoms with Crippen molar-refractivity contribution in [1.82, 2.24) is 4.90 Å². The molecule has 19 heavy (non-hydrogen) atoms. The van der Waals surface area contributed by atoms with Gasteiger partial charge < -0.3 is 10.6 Å². The van der Waals surface area contributed by atoms with Crippen LogP contribution in [0.2, 0.25) is 0 Å². The number of thioether (sulfide) groups is 1. The standard InChI is InChI=1S/C12H18N2O3S2/c1-14(2)12(15)9-4-5-11(10(13)8-9)18-6-7-19(3,16)17/h4-5,8H,6-7,13H2,1-3H3. The van der Waals surface area contributed by atoms with Crippen LogP contribution in [-0.4, -0.2) is 51.1 Å². The van der Waals surface area contributed by atoms with Gasteiger partial charge in [-0.3, -0.25) is 4.79 Å². The van der Waals surface area contributed by atoms with E-state index in [0.29, 0.717) is 17.0 Å². The van der Waals surface area contributed by atoms with Gasteiger partial charge in [-0.2, -0.15) is 0 Å². The van der Waals surface area contributed by atoms with Gasteiger partial charge in [0, 0.05) is 42.3 Å². The summed E-state index contributed by atoms with van der Waals surface area (Å²) >= 11 is 1.37. The topological polar surface area (TPSA) is 80.5 Å². The van der Waals surface area contributed by atoms with Crippen molar-refractivity contribution in [3.8, 4) is 0 Å². The van der Waals surface area contributed by atoms with Gasteiger partial charge >= 0.3 is 0 Å². The molecule has 0 heterocycles. The Kier molecular flexibility index (Phi) is 5.25. The van der Waals surface area contributed by atoms with E-state index >= 15 is 0 Å². The van der Waals surface area contributed by atoms with E-state index in [1.807, 2.05) is 0 Å². The number of carbonyl (C=O) groups excluding carboxylic acids is 1. The summed E-state index contributed by atoms with van der Waals surface area (Å²) in [6, 6.07) is 5.06. The molecule has 1 rings (SSSR count). The first kappa shape index (κ1) is 15.8. The van der Waals surface area contributed by atoms with Crippen molar-refractivity contribution in [2.75, 3.05) is 37.6 Å². The molecule has 7 heteroatoms. The molecule has 0 unspecified atom stereocenters. The summed E-state index contributed by atoms with van der Waals surface area (Å²) in [5, 5.41) is 0. The van der Waals surface area contributed by atoms with Crippen LogP contribution >= 0.6 is 11.8 Å². The van der Waals surface area contributed by atoms with Gasteiger partial charge in [0.2, 0.25) is 0 Å². The molecule has 1 aromatic carbocycles. The first-order chi connectivity index (χ1) is 8.70. The molecule has 0 saturated heterocycles. The van der Waals surface area contributed by atoms with E-state index < -0.39 is 9.84 Å². The van der Waals surface area contributed by atoms with Crippen LogP contribution in [0.15, 0.2) is 23.1 Å². The van der Waals surface area contributed by atoms with Gasteiger partial charge in [0.1, 0.15) is 9.84 Å². The summed E-state index contributed by atoms with van der Waals surface area (Å²) in [6.45, 7) is 0. The van der Waals surface area contributed by atoms with E-state index in [1.165, 1.54) is 22.9 Å². The number of amides is 1. The summed E-state index contributed by atoms with van der Waals surface area (Å²) < 4.78 is 22.1. The first-order valence-corrected chi connectivity index (χ1v) is 8.67. The predicted octanol–water partition coefficient (Wildman–Crippen LogP) is 1.11. The van der Waals surface area contributed by atoms with Crippen molar-refractivity contribution in [1.29, 1.82) is 0 Å². The second-order valence-electron chi connectivity index (χ2n) is 4.43. The van der Waals surface area contributed by atoms with Crippen LogP contribution in [-0.2, 0) is 9.84 Å². The third-order valence-corrected chi connectivity index (χ3v) is 4.67. The van der Waals surface area contributed by atoms with E-state index in [-0.39, 0.29) is 11.7 Å². The van der Waals surface area contributed by atoms with Gasteiger partial charge in [-0.15, -0.1) is 11.8 Å². The zero-order chi connectivity index (χ0) is 14.6. The molecule has 5 nitrogen and oxygen atoms in total. The quantitative estimate of drug-likeness (QED) is 0.651. The third kappa shape index (κ3) is 5.12. The molecule has 0 aliphatic carbocycles. The largest absolute Gasteiger partial charge is 0.398 e. The Bertz CT molecular complexity index is 568. The molecule has 0 aliphatic rings. The van der Waals surface area contributed by atoms with Gasteiger partial charge in [-0.1, -0.05) is 0 Å². The van der Waals surface area contributed by atoms with Crippen LogP contribution in [0.1, 0.15) is 10.4 Å². The number of sulfone groups is 1. The van der Waals surface area contributed by atoms with E-state index in [4.69, 9.17) is 5.73 Å². The van der Waals surface area contributed by atoms with Crippen molar-refractivity contribution in [2.45, 2.75) is 4.90 Å². The number of carbonyl (C=O) groups is 1. The van der Waals surface area contributed by atoms with Gasteiger partial charge in [0.05, 0.1) is 5.75 Å². The SMILES string of the molecule is CN(C)C(=O)c1ccc(SCCS(C)(=O)=O)c(N)c1. The maximum Gasteiger partial charge on any atom is 0.253 e. The normalized spacial score (nSPS) is 11.3. The number of nitrogen functional groups attached to an aromatic ring is 1. The van der Waals surface area contributed by atoms with Crippen molar-refractivity contribution >= 4 is 33.2 Å². The van der Waals surface area contributed by atoms with E-state index in [0.717, 1.165) is 4.90 Å². The van der Waals surface area contributed by atoms with Crippen molar-refractivity contribution in [2.24, 2.45) is 0 Å². The maximum absolute atomic E-state index is 11.7. The zero-order valence-corrected chi connectivity index (χ0v) is 12.8.